The summed E-state index contributed by atoms with van der Waals surface area (Å²) in [7, 11) is 1.75. The fourth-order valence-corrected chi connectivity index (χ4v) is 1.13. The second-order valence-electron chi connectivity index (χ2n) is 2.56. The van der Waals surface area contributed by atoms with E-state index in [4.69, 9.17) is 4.74 Å². The van der Waals surface area contributed by atoms with Crippen LogP contribution in [0.25, 0.3) is 0 Å². The van der Waals surface area contributed by atoms with Crippen molar-refractivity contribution in [3.05, 3.63) is 11.6 Å². The Kier molecular flexibility index (Phi) is 3.47. The fraction of sp³-hybridized carbons (Fsp3) is 0.750. The number of hydrogen-bond acceptors (Lipinski definition) is 2. The molecule has 0 fully saturated rings. The van der Waals surface area contributed by atoms with Crippen LogP contribution in [0.1, 0.15) is 12.8 Å². The van der Waals surface area contributed by atoms with E-state index < -0.39 is 0 Å². The Morgan fingerprint density at radius 1 is 1.70 bits per heavy atom. The van der Waals surface area contributed by atoms with Crippen molar-refractivity contribution in [1.82, 2.24) is 5.32 Å². The van der Waals surface area contributed by atoms with Gasteiger partial charge in [0, 0.05) is 20.3 Å². The zero-order valence-corrected chi connectivity index (χ0v) is 6.52. The van der Waals surface area contributed by atoms with Gasteiger partial charge in [0.2, 0.25) is 0 Å². The van der Waals surface area contributed by atoms with Crippen molar-refractivity contribution in [2.45, 2.75) is 12.8 Å². The van der Waals surface area contributed by atoms with Crippen molar-refractivity contribution in [2.24, 2.45) is 0 Å². The quantitative estimate of drug-likeness (QED) is 0.591. The molecule has 0 saturated heterocycles. The second kappa shape index (κ2) is 4.47. The van der Waals surface area contributed by atoms with Crippen molar-refractivity contribution >= 4 is 0 Å². The average Bonchev–Trinajstić information content (AvgIpc) is 2.03. The Bertz CT molecular complexity index is 120. The third-order valence-electron chi connectivity index (χ3n) is 1.79. The van der Waals surface area contributed by atoms with E-state index in [-0.39, 0.29) is 0 Å². The summed E-state index contributed by atoms with van der Waals surface area (Å²) in [6, 6.07) is 0. The maximum absolute atomic E-state index is 4.98. The molecule has 0 unspecified atom stereocenters. The highest BCUT2D eigenvalue weighted by Gasteiger charge is 2.00. The Morgan fingerprint density at radius 3 is 3.20 bits per heavy atom. The summed E-state index contributed by atoms with van der Waals surface area (Å²) in [5, 5.41) is 3.27. The van der Waals surface area contributed by atoms with Crippen molar-refractivity contribution in [1.29, 1.82) is 0 Å². The van der Waals surface area contributed by atoms with Crippen LogP contribution in [0, 0.1) is 0 Å². The minimum absolute atomic E-state index is 0.867. The van der Waals surface area contributed by atoms with Gasteiger partial charge in [-0.25, -0.2) is 0 Å². The summed E-state index contributed by atoms with van der Waals surface area (Å²) in [4.78, 5) is 0. The average molecular weight is 141 g/mol. The maximum atomic E-state index is 4.98. The van der Waals surface area contributed by atoms with Crippen LogP contribution in [0.5, 0.6) is 0 Å². The van der Waals surface area contributed by atoms with Crippen molar-refractivity contribution in [3.63, 3.8) is 0 Å². The predicted molar refractivity (Wildman–Crippen MR) is 42.1 cm³/mol. The lowest BCUT2D eigenvalue weighted by molar-refractivity contribution is 0.201. The van der Waals surface area contributed by atoms with Gasteiger partial charge in [-0.05, 0) is 19.4 Å². The van der Waals surface area contributed by atoms with Gasteiger partial charge < -0.3 is 10.1 Å². The van der Waals surface area contributed by atoms with Crippen LogP contribution in [0.4, 0.5) is 0 Å². The fourth-order valence-electron chi connectivity index (χ4n) is 1.13. The Balaban J connectivity index is 2.18. The van der Waals surface area contributed by atoms with Gasteiger partial charge in [0.15, 0.2) is 0 Å². The zero-order chi connectivity index (χ0) is 7.23. The zero-order valence-electron chi connectivity index (χ0n) is 6.52. The molecule has 1 rings (SSSR count). The van der Waals surface area contributed by atoms with Gasteiger partial charge in [-0.15, -0.1) is 0 Å². The summed E-state index contributed by atoms with van der Waals surface area (Å²) >= 11 is 0. The highest BCUT2D eigenvalue weighted by atomic mass is 16.5. The van der Waals surface area contributed by atoms with E-state index in [1.54, 1.807) is 12.7 Å². The summed E-state index contributed by atoms with van der Waals surface area (Å²) in [6.45, 7) is 3.04. The van der Waals surface area contributed by atoms with Gasteiger partial charge in [-0.2, -0.15) is 0 Å². The lowest BCUT2D eigenvalue weighted by Gasteiger charge is -2.12. The number of ether oxygens (including phenoxy) is 1. The van der Waals surface area contributed by atoms with Crippen LogP contribution < -0.4 is 5.32 Å². The van der Waals surface area contributed by atoms with E-state index in [0.29, 0.717) is 0 Å². The molecule has 1 N–H and O–H groups in total. The molecule has 1 heterocycles. The lowest BCUT2D eigenvalue weighted by Crippen LogP contribution is -2.20. The number of nitrogens with one attached hydrogen (secondary N) is 1. The van der Waals surface area contributed by atoms with Crippen molar-refractivity contribution in [3.8, 4) is 0 Å². The molecule has 1 aliphatic rings. The lowest BCUT2D eigenvalue weighted by atomic mass is 10.1. The van der Waals surface area contributed by atoms with Crippen molar-refractivity contribution < 1.29 is 4.74 Å². The normalized spacial score (nSPS) is 18.7. The van der Waals surface area contributed by atoms with E-state index in [0.717, 1.165) is 26.1 Å². The van der Waals surface area contributed by atoms with E-state index >= 15 is 0 Å². The molecule has 0 aromatic rings. The molecule has 1 aliphatic heterocycles. The molecule has 10 heavy (non-hydrogen) atoms. The van der Waals surface area contributed by atoms with Crippen LogP contribution in [-0.2, 0) is 4.74 Å². The van der Waals surface area contributed by atoms with Gasteiger partial charge in [0.25, 0.3) is 0 Å². The molecule has 58 valence electrons. The van der Waals surface area contributed by atoms with Crippen molar-refractivity contribution in [2.75, 3.05) is 26.8 Å². The maximum Gasteiger partial charge on any atom is 0.0499 e. The smallest absolute Gasteiger partial charge is 0.0499 e. The molecule has 0 radical (unpaired) electrons. The molecule has 2 heteroatoms. The Morgan fingerprint density at radius 2 is 2.60 bits per heavy atom. The van der Waals surface area contributed by atoms with E-state index in [2.05, 4.69) is 11.4 Å². The molecule has 0 aromatic carbocycles. The molecule has 2 nitrogen and oxygen atoms in total. The van der Waals surface area contributed by atoms with E-state index in [1.807, 2.05) is 0 Å². The third-order valence-corrected chi connectivity index (χ3v) is 1.79. The molecule has 0 saturated carbocycles. The minimum atomic E-state index is 0.867. The van der Waals surface area contributed by atoms with Gasteiger partial charge in [0.1, 0.15) is 0 Å². The van der Waals surface area contributed by atoms with Gasteiger partial charge in [-0.1, -0.05) is 11.6 Å². The highest BCUT2D eigenvalue weighted by Crippen LogP contribution is 2.08. The van der Waals surface area contributed by atoms with Gasteiger partial charge >= 0.3 is 0 Å². The highest BCUT2D eigenvalue weighted by molar-refractivity contribution is 5.06. The molecule has 0 aliphatic carbocycles. The van der Waals surface area contributed by atoms with Crippen LogP contribution in [0.2, 0.25) is 0 Å². The molecular weight excluding hydrogens is 126 g/mol. The SMILES string of the molecule is COCCC1=CCNCC1. The summed E-state index contributed by atoms with van der Waals surface area (Å²) in [5.41, 5.74) is 1.54. The third kappa shape index (κ3) is 2.50. The number of rotatable bonds is 3. The minimum Gasteiger partial charge on any atom is -0.384 e. The Labute approximate surface area is 62.3 Å². The van der Waals surface area contributed by atoms with Gasteiger partial charge in [-0.3, -0.25) is 0 Å². The van der Waals surface area contributed by atoms with E-state index in [9.17, 15) is 0 Å². The van der Waals surface area contributed by atoms with Crippen LogP contribution in [0.3, 0.4) is 0 Å². The molecule has 0 aromatic heterocycles. The first-order chi connectivity index (χ1) is 4.93. The summed E-state index contributed by atoms with van der Waals surface area (Å²) in [6.07, 6.45) is 4.57. The number of hydrogen-bond donors (Lipinski definition) is 1. The van der Waals surface area contributed by atoms with Crippen LogP contribution in [0.15, 0.2) is 11.6 Å². The summed E-state index contributed by atoms with van der Waals surface area (Å²) < 4.78 is 4.98. The first-order valence-corrected chi connectivity index (χ1v) is 3.81. The second-order valence-corrected chi connectivity index (χ2v) is 2.56. The first kappa shape index (κ1) is 7.76. The monoisotopic (exact) mass is 141 g/mol. The van der Waals surface area contributed by atoms with Gasteiger partial charge in [0.05, 0.1) is 0 Å². The predicted octanol–water partition coefficient (Wildman–Crippen LogP) is 0.943. The first-order valence-electron chi connectivity index (χ1n) is 3.81. The van der Waals surface area contributed by atoms with Crippen LogP contribution >= 0.6 is 0 Å². The Hall–Kier alpha value is -0.340. The number of methoxy groups -OCH3 is 1. The van der Waals surface area contributed by atoms with Crippen LogP contribution in [-0.4, -0.2) is 26.8 Å². The molecule has 0 atom stereocenters. The van der Waals surface area contributed by atoms with E-state index in [1.165, 1.54) is 6.42 Å². The molecule has 0 spiro atoms. The standard InChI is InChI=1S/C8H15NO/c1-10-7-4-8-2-5-9-6-3-8/h2,9H,3-7H2,1H3. The summed E-state index contributed by atoms with van der Waals surface area (Å²) in [5.74, 6) is 0. The largest absolute Gasteiger partial charge is 0.384 e. The molecule has 0 bridgehead atoms. The molecule has 0 amide bonds. The topological polar surface area (TPSA) is 21.3 Å². The molecular formula is C8H15NO.